The predicted molar refractivity (Wildman–Crippen MR) is 114 cm³/mol. The Hall–Kier alpha value is -2.38. The first-order chi connectivity index (χ1) is 13.8. The van der Waals surface area contributed by atoms with E-state index in [2.05, 4.69) is 41.9 Å². The summed E-state index contributed by atoms with van der Waals surface area (Å²) in [5.41, 5.74) is 2.38. The molecule has 3 heterocycles. The van der Waals surface area contributed by atoms with Crippen LogP contribution in [-0.2, 0) is 5.60 Å². The van der Waals surface area contributed by atoms with Crippen molar-refractivity contribution in [3.8, 4) is 17.0 Å². The fraction of sp³-hybridized carbons (Fsp3) is 0.364. The monoisotopic (exact) mass is 454 g/mol. The van der Waals surface area contributed by atoms with Crippen molar-refractivity contribution < 1.29 is 9.84 Å². The summed E-state index contributed by atoms with van der Waals surface area (Å²) >= 11 is 3.42. The summed E-state index contributed by atoms with van der Waals surface area (Å²) < 4.78 is 7.09. The van der Waals surface area contributed by atoms with E-state index in [-0.39, 0.29) is 0 Å². The van der Waals surface area contributed by atoms with Crippen molar-refractivity contribution in [3.63, 3.8) is 0 Å². The quantitative estimate of drug-likeness (QED) is 0.593. The van der Waals surface area contributed by atoms with Crippen LogP contribution in [0.25, 0.3) is 11.1 Å². The summed E-state index contributed by atoms with van der Waals surface area (Å²) in [5.74, 6) is 2.08. The van der Waals surface area contributed by atoms with E-state index in [1.165, 1.54) is 0 Å². The van der Waals surface area contributed by atoms with Gasteiger partial charge >= 0.3 is 0 Å². The van der Waals surface area contributed by atoms with Crippen LogP contribution in [0.2, 0.25) is 0 Å². The average molecular weight is 455 g/mol. The highest BCUT2D eigenvalue weighted by Crippen LogP contribution is 2.47. The largest absolute Gasteiger partial charge is 0.477 e. The van der Waals surface area contributed by atoms with Gasteiger partial charge in [-0.15, -0.1) is 0 Å². The Morgan fingerprint density at radius 3 is 2.59 bits per heavy atom. The second-order valence-electron chi connectivity index (χ2n) is 7.94. The normalized spacial score (nSPS) is 18.5. The molecule has 0 saturated heterocycles. The van der Waals surface area contributed by atoms with Crippen molar-refractivity contribution >= 4 is 15.9 Å². The lowest BCUT2D eigenvalue weighted by atomic mass is 10.0. The minimum absolute atomic E-state index is 0.433. The van der Waals surface area contributed by atoms with E-state index >= 15 is 0 Å². The van der Waals surface area contributed by atoms with E-state index in [0.29, 0.717) is 35.8 Å². The van der Waals surface area contributed by atoms with E-state index < -0.39 is 5.60 Å². The minimum Gasteiger partial charge on any atom is -0.477 e. The highest BCUT2D eigenvalue weighted by molar-refractivity contribution is 9.10. The van der Waals surface area contributed by atoms with Gasteiger partial charge in [-0.05, 0) is 61.3 Å². The maximum absolute atomic E-state index is 10.1. The zero-order valence-corrected chi connectivity index (χ0v) is 18.2. The first-order valence-corrected chi connectivity index (χ1v) is 10.4. The molecule has 1 N–H and O–H groups in total. The van der Waals surface area contributed by atoms with Crippen LogP contribution in [0.15, 0.2) is 47.3 Å². The zero-order chi connectivity index (χ0) is 20.6. The van der Waals surface area contributed by atoms with Crippen LogP contribution >= 0.6 is 15.9 Å². The third-order valence-electron chi connectivity index (χ3n) is 5.06. The van der Waals surface area contributed by atoms with Gasteiger partial charge in [0, 0.05) is 46.2 Å². The maximum Gasteiger partial charge on any atom is 0.224 e. The van der Waals surface area contributed by atoms with Crippen molar-refractivity contribution in [3.05, 3.63) is 64.5 Å². The summed E-state index contributed by atoms with van der Waals surface area (Å²) in [6.45, 7) is 5.86. The molecule has 0 aromatic carbocycles. The fourth-order valence-corrected chi connectivity index (χ4v) is 3.49. The van der Waals surface area contributed by atoms with Gasteiger partial charge in [-0.2, -0.15) is 4.98 Å². The Morgan fingerprint density at radius 1 is 1.10 bits per heavy atom. The second kappa shape index (κ2) is 7.80. The molecule has 2 atom stereocenters. The van der Waals surface area contributed by atoms with E-state index in [4.69, 9.17) is 4.74 Å². The molecule has 0 aliphatic heterocycles. The number of aliphatic hydroxyl groups is 1. The van der Waals surface area contributed by atoms with E-state index in [1.807, 2.05) is 31.3 Å². The number of aryl methyl sites for hydroxylation is 1. The van der Waals surface area contributed by atoms with Crippen molar-refractivity contribution in [1.82, 2.24) is 19.9 Å². The third-order valence-corrected chi connectivity index (χ3v) is 5.53. The van der Waals surface area contributed by atoms with Gasteiger partial charge in [0.2, 0.25) is 5.88 Å². The molecule has 0 spiro atoms. The van der Waals surface area contributed by atoms with E-state index in [9.17, 15) is 5.11 Å². The van der Waals surface area contributed by atoms with E-state index in [0.717, 1.165) is 27.7 Å². The minimum atomic E-state index is -0.982. The lowest BCUT2D eigenvalue weighted by Crippen LogP contribution is -2.17. The molecular weight excluding hydrogens is 432 g/mol. The van der Waals surface area contributed by atoms with Crippen molar-refractivity contribution in [2.45, 2.75) is 38.7 Å². The molecule has 1 saturated carbocycles. The van der Waals surface area contributed by atoms with Gasteiger partial charge in [-0.25, -0.2) is 4.98 Å². The molecule has 1 fully saturated rings. The van der Waals surface area contributed by atoms with Crippen molar-refractivity contribution in [2.24, 2.45) is 5.92 Å². The highest BCUT2D eigenvalue weighted by atomic mass is 79.9. The van der Waals surface area contributed by atoms with Crippen LogP contribution in [0.1, 0.15) is 43.4 Å². The lowest BCUT2D eigenvalue weighted by Gasteiger charge is -2.17. The molecule has 4 rings (SSSR count). The van der Waals surface area contributed by atoms with Gasteiger partial charge < -0.3 is 9.84 Å². The molecule has 29 heavy (non-hydrogen) atoms. The van der Waals surface area contributed by atoms with Crippen LogP contribution in [0, 0.1) is 12.8 Å². The number of hydrogen-bond acceptors (Lipinski definition) is 6. The summed E-state index contributed by atoms with van der Waals surface area (Å²) in [4.78, 5) is 17.7. The number of halogens is 1. The number of nitrogens with zero attached hydrogens (tertiary/aromatic N) is 4. The molecule has 0 amide bonds. The standard InChI is InChI=1S/C22H23BrN4O2/c1-13-24-11-18(14-4-7-20(26-9-14)22(2,3)28)21(27-13)29-12-15-8-17(15)19-6-5-16(23)10-25-19/h4-7,9-11,15,17,28H,8,12H2,1-3H3/t15-,17+/m0/s1. The molecule has 6 nitrogen and oxygen atoms in total. The first kappa shape index (κ1) is 19.9. The first-order valence-electron chi connectivity index (χ1n) is 9.58. The number of hydrogen-bond donors (Lipinski definition) is 1. The maximum atomic E-state index is 10.1. The van der Waals surface area contributed by atoms with Crippen molar-refractivity contribution in [1.29, 1.82) is 0 Å². The van der Waals surface area contributed by atoms with Crippen LogP contribution in [-0.4, -0.2) is 31.6 Å². The average Bonchev–Trinajstić information content (AvgIpc) is 3.46. The van der Waals surface area contributed by atoms with Gasteiger partial charge in [0.05, 0.1) is 17.9 Å². The Kier molecular flexibility index (Phi) is 5.36. The molecule has 0 unspecified atom stereocenters. The lowest BCUT2D eigenvalue weighted by molar-refractivity contribution is 0.0739. The number of pyridine rings is 2. The fourth-order valence-electron chi connectivity index (χ4n) is 3.26. The topological polar surface area (TPSA) is 81.0 Å². The number of rotatable bonds is 6. The predicted octanol–water partition coefficient (Wildman–Crippen LogP) is 4.41. The molecule has 0 radical (unpaired) electrons. The zero-order valence-electron chi connectivity index (χ0n) is 16.6. The SMILES string of the molecule is Cc1ncc(-c2ccc(C(C)(C)O)nc2)c(OC[C@@H]2C[C@H]2c2ccc(Br)cn2)n1. The van der Waals surface area contributed by atoms with Gasteiger partial charge in [0.15, 0.2) is 0 Å². The Labute approximate surface area is 178 Å². The Bertz CT molecular complexity index is 1000. The molecule has 1 aliphatic carbocycles. The van der Waals surface area contributed by atoms with Gasteiger partial charge in [-0.3, -0.25) is 9.97 Å². The van der Waals surface area contributed by atoms with Crippen LogP contribution in [0.5, 0.6) is 5.88 Å². The van der Waals surface area contributed by atoms with Crippen molar-refractivity contribution in [2.75, 3.05) is 6.61 Å². The molecule has 3 aromatic heterocycles. The third kappa shape index (κ3) is 4.62. The molecule has 150 valence electrons. The molecule has 1 aliphatic rings. The number of aromatic nitrogens is 4. The summed E-state index contributed by atoms with van der Waals surface area (Å²) in [6.07, 6.45) is 6.39. The van der Waals surface area contributed by atoms with Gasteiger partial charge in [-0.1, -0.05) is 6.07 Å². The van der Waals surface area contributed by atoms with Gasteiger partial charge in [0.1, 0.15) is 11.4 Å². The van der Waals surface area contributed by atoms with Crippen LogP contribution < -0.4 is 4.74 Å². The van der Waals surface area contributed by atoms with Crippen LogP contribution in [0.4, 0.5) is 0 Å². The molecule has 0 bridgehead atoms. The number of ether oxygens (including phenoxy) is 1. The summed E-state index contributed by atoms with van der Waals surface area (Å²) in [7, 11) is 0. The highest BCUT2D eigenvalue weighted by Gasteiger charge is 2.40. The molecule has 7 heteroatoms. The molecular formula is C22H23BrN4O2. The van der Waals surface area contributed by atoms with E-state index in [1.54, 1.807) is 26.2 Å². The molecule has 3 aromatic rings. The van der Waals surface area contributed by atoms with Crippen LogP contribution in [0.3, 0.4) is 0 Å². The smallest absolute Gasteiger partial charge is 0.224 e. The summed E-state index contributed by atoms with van der Waals surface area (Å²) in [6, 6.07) is 7.81. The Balaban J connectivity index is 1.48. The summed E-state index contributed by atoms with van der Waals surface area (Å²) in [5, 5.41) is 10.1. The Morgan fingerprint density at radius 2 is 1.93 bits per heavy atom. The van der Waals surface area contributed by atoms with Gasteiger partial charge in [0.25, 0.3) is 0 Å². The second-order valence-corrected chi connectivity index (χ2v) is 8.86.